The van der Waals surface area contributed by atoms with Crippen LogP contribution in [0.2, 0.25) is 10.0 Å². The summed E-state index contributed by atoms with van der Waals surface area (Å²) in [6.45, 7) is 0. The second kappa shape index (κ2) is 6.24. The lowest BCUT2D eigenvalue weighted by atomic mass is 9.97. The zero-order valence-corrected chi connectivity index (χ0v) is 14.8. The molecule has 0 saturated heterocycles. The van der Waals surface area contributed by atoms with Gasteiger partial charge in [0.05, 0.1) is 5.56 Å². The van der Waals surface area contributed by atoms with Crippen LogP contribution >= 0.6 is 23.2 Å². The first kappa shape index (κ1) is 16.8. The van der Waals surface area contributed by atoms with Crippen LogP contribution in [0.1, 0.15) is 21.5 Å². The van der Waals surface area contributed by atoms with Crippen LogP contribution in [0.4, 0.5) is 0 Å². The van der Waals surface area contributed by atoms with E-state index in [1.54, 1.807) is 54.6 Å². The highest BCUT2D eigenvalue weighted by molar-refractivity contribution is 6.30. The lowest BCUT2D eigenvalue weighted by Crippen LogP contribution is -2.36. The van der Waals surface area contributed by atoms with Crippen LogP contribution in [0, 0.1) is 0 Å². The van der Waals surface area contributed by atoms with Gasteiger partial charge in [-0.25, -0.2) is 4.79 Å². The fourth-order valence-corrected chi connectivity index (χ4v) is 3.13. The van der Waals surface area contributed by atoms with Crippen LogP contribution in [0.25, 0.3) is 0 Å². The number of halogens is 2. The summed E-state index contributed by atoms with van der Waals surface area (Å²) in [6, 6.07) is 18.7. The summed E-state index contributed by atoms with van der Waals surface area (Å²) in [6.07, 6.45) is 0. The lowest BCUT2D eigenvalue weighted by Gasteiger charge is -2.28. The molecule has 0 aromatic heterocycles. The van der Waals surface area contributed by atoms with Crippen molar-refractivity contribution >= 4 is 29.2 Å². The molecule has 0 atom stereocenters. The largest absolute Gasteiger partial charge is 0.478 e. The van der Waals surface area contributed by atoms with Crippen molar-refractivity contribution in [3.8, 4) is 11.5 Å². The standard InChI is InChI=1S/C20H12Cl2O4/c21-15-6-2-13(3-7-15)20(14-4-8-16(22)9-5-14)25-17-10-1-12(19(23)24)11-18(17)26-20/h1-11H,(H,23,24). The topological polar surface area (TPSA) is 55.8 Å². The van der Waals surface area contributed by atoms with E-state index in [2.05, 4.69) is 0 Å². The molecule has 1 aliphatic heterocycles. The summed E-state index contributed by atoms with van der Waals surface area (Å²) in [5.41, 5.74) is 1.56. The van der Waals surface area contributed by atoms with Crippen molar-refractivity contribution in [3.63, 3.8) is 0 Å². The van der Waals surface area contributed by atoms with Gasteiger partial charge in [-0.05, 0) is 66.7 Å². The summed E-state index contributed by atoms with van der Waals surface area (Å²) in [5.74, 6) is -1.48. The highest BCUT2D eigenvalue weighted by atomic mass is 35.5. The van der Waals surface area contributed by atoms with E-state index < -0.39 is 11.8 Å². The molecule has 0 aliphatic carbocycles. The minimum absolute atomic E-state index is 0.121. The molecule has 6 heteroatoms. The molecule has 1 N–H and O–H groups in total. The Bertz CT molecular complexity index is 936. The number of hydrogen-bond donors (Lipinski definition) is 1. The fourth-order valence-electron chi connectivity index (χ4n) is 2.88. The molecule has 0 fully saturated rings. The Morgan fingerprint density at radius 1 is 0.769 bits per heavy atom. The molecule has 0 spiro atoms. The van der Waals surface area contributed by atoms with Gasteiger partial charge in [0.2, 0.25) is 0 Å². The van der Waals surface area contributed by atoms with E-state index in [0.717, 1.165) is 11.1 Å². The van der Waals surface area contributed by atoms with Crippen LogP contribution in [0.3, 0.4) is 0 Å². The Labute approximate surface area is 159 Å². The first-order valence-corrected chi connectivity index (χ1v) is 8.51. The molecule has 26 heavy (non-hydrogen) atoms. The van der Waals surface area contributed by atoms with E-state index in [1.165, 1.54) is 12.1 Å². The van der Waals surface area contributed by atoms with E-state index in [-0.39, 0.29) is 5.56 Å². The van der Waals surface area contributed by atoms with Crippen molar-refractivity contribution in [2.75, 3.05) is 0 Å². The average molecular weight is 387 g/mol. The first-order valence-electron chi connectivity index (χ1n) is 7.75. The SMILES string of the molecule is O=C(O)c1ccc2c(c1)OC(c1ccc(Cl)cc1)(c1ccc(Cl)cc1)O2. The second-order valence-corrected chi connectivity index (χ2v) is 6.67. The molecule has 4 rings (SSSR count). The van der Waals surface area contributed by atoms with Gasteiger partial charge in [0, 0.05) is 21.2 Å². The number of carboxylic acids is 1. The molecular formula is C20H12Cl2O4. The molecule has 0 unspecified atom stereocenters. The second-order valence-electron chi connectivity index (χ2n) is 5.80. The minimum Gasteiger partial charge on any atom is -0.478 e. The van der Waals surface area contributed by atoms with Crippen molar-refractivity contribution in [1.82, 2.24) is 0 Å². The number of aromatic carboxylic acids is 1. The van der Waals surface area contributed by atoms with E-state index >= 15 is 0 Å². The van der Waals surface area contributed by atoms with Crippen LogP contribution in [-0.4, -0.2) is 11.1 Å². The van der Waals surface area contributed by atoms with Crippen LogP contribution in [-0.2, 0) is 5.79 Å². The van der Waals surface area contributed by atoms with Crippen molar-refractivity contribution in [1.29, 1.82) is 0 Å². The third kappa shape index (κ3) is 2.77. The van der Waals surface area contributed by atoms with E-state index in [1.807, 2.05) is 0 Å². The predicted octanol–water partition coefficient (Wildman–Crippen LogP) is 5.36. The maximum Gasteiger partial charge on any atom is 0.335 e. The van der Waals surface area contributed by atoms with Crippen molar-refractivity contribution in [2.45, 2.75) is 5.79 Å². The molecule has 3 aromatic carbocycles. The average Bonchev–Trinajstić information content (AvgIpc) is 3.02. The van der Waals surface area contributed by atoms with Gasteiger partial charge in [-0.2, -0.15) is 0 Å². The molecule has 0 amide bonds. The molecule has 0 radical (unpaired) electrons. The van der Waals surface area contributed by atoms with Crippen molar-refractivity contribution in [3.05, 3.63) is 93.5 Å². The lowest BCUT2D eigenvalue weighted by molar-refractivity contribution is -0.0459. The molecule has 0 saturated carbocycles. The molecule has 130 valence electrons. The zero-order valence-electron chi connectivity index (χ0n) is 13.3. The van der Waals surface area contributed by atoms with Gasteiger partial charge in [-0.3, -0.25) is 0 Å². The number of carbonyl (C=O) groups is 1. The monoisotopic (exact) mass is 386 g/mol. The number of carboxylic acid groups (broad SMARTS) is 1. The Morgan fingerprint density at radius 3 is 1.77 bits per heavy atom. The summed E-state index contributed by atoms with van der Waals surface area (Å²) in [5, 5.41) is 10.4. The van der Waals surface area contributed by atoms with E-state index in [4.69, 9.17) is 32.7 Å². The quantitative estimate of drug-likeness (QED) is 0.657. The third-order valence-electron chi connectivity index (χ3n) is 4.15. The number of rotatable bonds is 3. The zero-order chi connectivity index (χ0) is 18.3. The highest BCUT2D eigenvalue weighted by Gasteiger charge is 2.45. The van der Waals surface area contributed by atoms with E-state index in [0.29, 0.717) is 21.5 Å². The maximum atomic E-state index is 11.3. The Morgan fingerprint density at radius 2 is 1.27 bits per heavy atom. The molecule has 0 bridgehead atoms. The Balaban J connectivity index is 1.86. The summed E-state index contributed by atoms with van der Waals surface area (Å²) in [4.78, 5) is 11.3. The normalized spacial score (nSPS) is 14.2. The predicted molar refractivity (Wildman–Crippen MR) is 98.3 cm³/mol. The molecule has 1 aliphatic rings. The maximum absolute atomic E-state index is 11.3. The number of ether oxygens (including phenoxy) is 2. The van der Waals surface area contributed by atoms with Crippen LogP contribution < -0.4 is 9.47 Å². The van der Waals surface area contributed by atoms with Crippen molar-refractivity contribution in [2.24, 2.45) is 0 Å². The number of hydrogen-bond acceptors (Lipinski definition) is 3. The van der Waals surface area contributed by atoms with E-state index in [9.17, 15) is 9.90 Å². The molecular weight excluding hydrogens is 375 g/mol. The fraction of sp³-hybridized carbons (Fsp3) is 0.0500. The number of fused-ring (bicyclic) bond motifs is 1. The van der Waals surface area contributed by atoms with Gasteiger partial charge in [-0.1, -0.05) is 23.2 Å². The third-order valence-corrected chi connectivity index (χ3v) is 4.65. The van der Waals surface area contributed by atoms with Gasteiger partial charge in [-0.15, -0.1) is 0 Å². The summed E-state index contributed by atoms with van der Waals surface area (Å²) < 4.78 is 12.3. The van der Waals surface area contributed by atoms with Gasteiger partial charge in [0.25, 0.3) is 0 Å². The van der Waals surface area contributed by atoms with Gasteiger partial charge in [0.15, 0.2) is 11.5 Å². The Kier molecular flexibility index (Phi) is 4.02. The smallest absolute Gasteiger partial charge is 0.335 e. The Hall–Kier alpha value is -2.69. The van der Waals surface area contributed by atoms with Crippen LogP contribution in [0.15, 0.2) is 66.7 Å². The van der Waals surface area contributed by atoms with Gasteiger partial charge in [0.1, 0.15) is 0 Å². The van der Waals surface area contributed by atoms with Crippen molar-refractivity contribution < 1.29 is 19.4 Å². The molecule has 1 heterocycles. The van der Waals surface area contributed by atoms with Crippen LogP contribution in [0.5, 0.6) is 11.5 Å². The minimum atomic E-state index is -1.26. The molecule has 3 aromatic rings. The molecule has 4 nitrogen and oxygen atoms in total. The first-order chi connectivity index (χ1) is 12.5. The van der Waals surface area contributed by atoms with Gasteiger partial charge >= 0.3 is 11.8 Å². The number of benzene rings is 3. The summed E-state index contributed by atoms with van der Waals surface area (Å²) >= 11 is 12.0. The highest BCUT2D eigenvalue weighted by Crippen LogP contribution is 2.48. The van der Waals surface area contributed by atoms with Gasteiger partial charge < -0.3 is 14.6 Å². The summed E-state index contributed by atoms with van der Waals surface area (Å²) in [7, 11) is 0.